The van der Waals surface area contributed by atoms with Gasteiger partial charge in [0.05, 0.1) is 23.5 Å². The van der Waals surface area contributed by atoms with Crippen LogP contribution in [0.3, 0.4) is 0 Å². The zero-order valence-corrected chi connectivity index (χ0v) is 19.2. The second kappa shape index (κ2) is 9.23. The molecule has 2 N–H and O–H groups in total. The summed E-state index contributed by atoms with van der Waals surface area (Å²) < 4.78 is 22.1. The van der Waals surface area contributed by atoms with E-state index in [-0.39, 0.29) is 35.1 Å². The molecule has 1 aliphatic heterocycles. The Bertz CT molecular complexity index is 1470. The minimum atomic E-state index is -0.813. The van der Waals surface area contributed by atoms with Crippen LogP contribution in [-0.2, 0) is 6.61 Å². The van der Waals surface area contributed by atoms with Crippen LogP contribution in [0.4, 0.5) is 5.69 Å². The normalized spacial score (nSPS) is 14.5. The van der Waals surface area contributed by atoms with Gasteiger partial charge in [-0.2, -0.15) is 5.26 Å². The molecule has 10 nitrogen and oxygen atoms in total. The summed E-state index contributed by atoms with van der Waals surface area (Å²) in [5, 5.41) is 20.8. The summed E-state index contributed by atoms with van der Waals surface area (Å²) in [6.45, 7) is 3.30. The van der Waals surface area contributed by atoms with Gasteiger partial charge in [0.15, 0.2) is 0 Å². The van der Waals surface area contributed by atoms with E-state index >= 15 is 0 Å². The molecule has 4 rings (SSSR count). The molecule has 2 heterocycles. The van der Waals surface area contributed by atoms with Gasteiger partial charge in [-0.1, -0.05) is 6.07 Å². The van der Waals surface area contributed by atoms with E-state index in [1.54, 1.807) is 44.2 Å². The van der Waals surface area contributed by atoms with Crippen LogP contribution in [0.2, 0.25) is 0 Å². The van der Waals surface area contributed by atoms with E-state index in [4.69, 9.17) is 24.4 Å². The second-order valence-electron chi connectivity index (χ2n) is 7.91. The van der Waals surface area contributed by atoms with Crippen molar-refractivity contribution in [2.45, 2.75) is 26.4 Å². The van der Waals surface area contributed by atoms with Crippen molar-refractivity contribution in [3.8, 4) is 23.3 Å². The summed E-state index contributed by atoms with van der Waals surface area (Å²) in [4.78, 5) is 23.4. The highest BCUT2D eigenvalue weighted by molar-refractivity contribution is 5.56. The number of benzene rings is 2. The monoisotopic (exact) mass is 475 g/mol. The highest BCUT2D eigenvalue weighted by Gasteiger charge is 2.34. The highest BCUT2D eigenvalue weighted by atomic mass is 16.6. The van der Waals surface area contributed by atoms with Crippen LogP contribution in [0.25, 0.3) is 0 Å². The molecule has 2 aromatic carbocycles. The fourth-order valence-electron chi connectivity index (χ4n) is 4.03. The molecule has 3 aromatic rings. The number of nitrogens with zero attached hydrogens (tertiary/aromatic N) is 2. The van der Waals surface area contributed by atoms with Crippen molar-refractivity contribution < 1.29 is 23.6 Å². The van der Waals surface area contributed by atoms with Crippen LogP contribution in [0.5, 0.6) is 17.2 Å². The van der Waals surface area contributed by atoms with Crippen molar-refractivity contribution in [1.29, 1.82) is 5.26 Å². The Morgan fingerprint density at radius 2 is 1.97 bits per heavy atom. The first-order valence-corrected chi connectivity index (χ1v) is 10.5. The van der Waals surface area contributed by atoms with Gasteiger partial charge in [0.25, 0.3) is 5.69 Å². The number of nitro benzene ring substituents is 1. The van der Waals surface area contributed by atoms with E-state index in [9.17, 15) is 20.2 Å². The number of hydrogen-bond acceptors (Lipinski definition) is 9. The zero-order valence-electron chi connectivity index (χ0n) is 19.2. The van der Waals surface area contributed by atoms with Crippen molar-refractivity contribution in [2.75, 3.05) is 7.11 Å². The molecule has 1 aliphatic rings. The maximum absolute atomic E-state index is 12.7. The number of nitriles is 1. The predicted molar refractivity (Wildman–Crippen MR) is 124 cm³/mol. The zero-order chi connectivity index (χ0) is 25.3. The fraction of sp³-hybridized carbons (Fsp3) is 0.200. The van der Waals surface area contributed by atoms with E-state index in [0.29, 0.717) is 33.9 Å². The van der Waals surface area contributed by atoms with Crippen LogP contribution in [0, 0.1) is 35.3 Å². The Hall–Kier alpha value is -4.78. The second-order valence-corrected chi connectivity index (χ2v) is 7.91. The van der Waals surface area contributed by atoms with E-state index in [2.05, 4.69) is 0 Å². The van der Waals surface area contributed by atoms with Crippen LogP contribution >= 0.6 is 0 Å². The third-order valence-electron chi connectivity index (χ3n) is 5.65. The summed E-state index contributed by atoms with van der Waals surface area (Å²) >= 11 is 0. The van der Waals surface area contributed by atoms with Crippen molar-refractivity contribution in [3.05, 3.63) is 102 Å². The number of nitrogens with two attached hydrogens (primary N) is 1. The van der Waals surface area contributed by atoms with Gasteiger partial charge in [-0.25, -0.2) is 4.79 Å². The maximum atomic E-state index is 12.7. The molecule has 0 saturated carbocycles. The van der Waals surface area contributed by atoms with Gasteiger partial charge in [-0.3, -0.25) is 10.1 Å². The summed E-state index contributed by atoms with van der Waals surface area (Å²) in [5.41, 5.74) is 7.32. The van der Waals surface area contributed by atoms with Crippen molar-refractivity contribution >= 4 is 5.69 Å². The highest BCUT2D eigenvalue weighted by Crippen LogP contribution is 2.41. The first-order chi connectivity index (χ1) is 16.7. The van der Waals surface area contributed by atoms with E-state index < -0.39 is 16.5 Å². The van der Waals surface area contributed by atoms with Crippen LogP contribution < -0.4 is 25.6 Å². The molecule has 178 valence electrons. The number of aryl methyl sites for hydroxylation is 2. The minimum Gasteiger partial charge on any atom is -0.496 e. The first-order valence-electron chi connectivity index (χ1n) is 10.5. The number of rotatable bonds is 6. The summed E-state index contributed by atoms with van der Waals surface area (Å²) in [7, 11) is 1.51. The average molecular weight is 475 g/mol. The molecule has 0 saturated heterocycles. The number of hydrogen-bond donors (Lipinski definition) is 1. The molecule has 10 heteroatoms. The first kappa shape index (κ1) is 23.4. The van der Waals surface area contributed by atoms with Crippen LogP contribution in [-0.4, -0.2) is 12.0 Å². The maximum Gasteiger partial charge on any atom is 0.343 e. The third kappa shape index (κ3) is 4.39. The third-order valence-corrected chi connectivity index (χ3v) is 5.65. The molecule has 35 heavy (non-hydrogen) atoms. The van der Waals surface area contributed by atoms with Gasteiger partial charge >= 0.3 is 5.63 Å². The quantitative estimate of drug-likeness (QED) is 0.412. The molecule has 0 fully saturated rings. The Morgan fingerprint density at radius 1 is 1.20 bits per heavy atom. The summed E-state index contributed by atoms with van der Waals surface area (Å²) in [6, 6.07) is 13.2. The standard InChI is InChI=1S/C25H21N3O7/c1-13-8-17(5-6-19(13)28(30)31)33-12-16-10-15(4-7-20(16)32-3)22-18(11-26)24(27)35-21-9-14(2)34-25(29)23(21)22/h4-10,22H,12,27H2,1-3H3/t22-/m1/s1. The van der Waals surface area contributed by atoms with Crippen molar-refractivity contribution in [3.63, 3.8) is 0 Å². The summed E-state index contributed by atoms with van der Waals surface area (Å²) in [5.74, 6) is 0.635. The van der Waals surface area contributed by atoms with Crippen LogP contribution in [0.1, 0.15) is 33.9 Å². The number of allylic oxidation sites excluding steroid dienone is 1. The fourth-order valence-corrected chi connectivity index (χ4v) is 4.03. The number of methoxy groups -OCH3 is 1. The average Bonchev–Trinajstić information content (AvgIpc) is 2.81. The lowest BCUT2D eigenvalue weighted by Gasteiger charge is -2.25. The van der Waals surface area contributed by atoms with Crippen molar-refractivity contribution in [2.24, 2.45) is 5.73 Å². The van der Waals surface area contributed by atoms with Gasteiger partial charge in [-0.05, 0) is 43.7 Å². The SMILES string of the molecule is COc1ccc([C@@H]2C(C#N)=C(N)Oc3cc(C)oc(=O)c32)cc1COc1ccc([N+](=O)[O-])c(C)c1. The molecule has 0 spiro atoms. The molecule has 0 amide bonds. The topological polar surface area (TPSA) is 151 Å². The smallest absolute Gasteiger partial charge is 0.343 e. The van der Waals surface area contributed by atoms with E-state index in [1.165, 1.54) is 19.2 Å². The number of nitro groups is 1. The van der Waals surface area contributed by atoms with Gasteiger partial charge < -0.3 is 24.4 Å². The van der Waals surface area contributed by atoms with Gasteiger partial charge in [-0.15, -0.1) is 0 Å². The Kier molecular flexibility index (Phi) is 6.16. The molecular weight excluding hydrogens is 454 g/mol. The molecule has 1 atom stereocenters. The molecule has 1 aromatic heterocycles. The van der Waals surface area contributed by atoms with E-state index in [0.717, 1.165) is 0 Å². The number of ether oxygens (including phenoxy) is 3. The Morgan fingerprint density at radius 3 is 2.63 bits per heavy atom. The molecule has 0 radical (unpaired) electrons. The Labute approximate surface area is 199 Å². The van der Waals surface area contributed by atoms with Crippen molar-refractivity contribution in [1.82, 2.24) is 0 Å². The minimum absolute atomic E-state index is 0.00223. The summed E-state index contributed by atoms with van der Waals surface area (Å²) in [6.07, 6.45) is 0. The Balaban J connectivity index is 1.74. The van der Waals surface area contributed by atoms with Gasteiger partial charge in [0.1, 0.15) is 41.3 Å². The molecule has 0 bridgehead atoms. The molecule has 0 aliphatic carbocycles. The largest absolute Gasteiger partial charge is 0.496 e. The predicted octanol–water partition coefficient (Wildman–Crippen LogP) is 3.97. The lowest BCUT2D eigenvalue weighted by atomic mass is 9.83. The lowest BCUT2D eigenvalue weighted by Crippen LogP contribution is -2.26. The van der Waals surface area contributed by atoms with Crippen LogP contribution in [0.15, 0.2) is 63.1 Å². The molecule has 0 unspecified atom stereocenters. The molecular formula is C25H21N3O7. The van der Waals surface area contributed by atoms with E-state index in [1.807, 2.05) is 6.07 Å². The number of fused-ring (bicyclic) bond motifs is 1. The van der Waals surface area contributed by atoms with Gasteiger partial charge in [0, 0.05) is 23.3 Å². The van der Waals surface area contributed by atoms with Gasteiger partial charge in [0.2, 0.25) is 5.88 Å². The lowest BCUT2D eigenvalue weighted by molar-refractivity contribution is -0.385.